The highest BCUT2D eigenvalue weighted by atomic mass is 16.5. The number of hydrogen-bond acceptors (Lipinski definition) is 3. The Hall–Kier alpha value is -2.56. The summed E-state index contributed by atoms with van der Waals surface area (Å²) < 4.78 is 5.42. The summed E-state index contributed by atoms with van der Waals surface area (Å²) in [5, 5.41) is 3.15. The van der Waals surface area contributed by atoms with Crippen LogP contribution in [-0.2, 0) is 6.42 Å². The fourth-order valence-corrected chi connectivity index (χ4v) is 3.24. The molecule has 0 saturated carbocycles. The van der Waals surface area contributed by atoms with E-state index in [4.69, 9.17) is 4.74 Å². The second-order valence-electron chi connectivity index (χ2n) is 6.14. The lowest BCUT2D eigenvalue weighted by Gasteiger charge is -2.27. The molecule has 0 spiro atoms. The molecule has 126 valence electrons. The molecule has 24 heavy (non-hydrogen) atoms. The van der Waals surface area contributed by atoms with Gasteiger partial charge < -0.3 is 15.0 Å². The second kappa shape index (κ2) is 6.91. The average molecular weight is 325 g/mol. The lowest BCUT2D eigenvalue weighted by atomic mass is 10.1. The fourth-order valence-electron chi connectivity index (χ4n) is 3.24. The third kappa shape index (κ3) is 3.07. The predicted molar refractivity (Wildman–Crippen MR) is 93.0 cm³/mol. The van der Waals surface area contributed by atoms with Gasteiger partial charge >= 0.3 is 6.03 Å². The van der Waals surface area contributed by atoms with Gasteiger partial charge in [0.1, 0.15) is 5.75 Å². The molecule has 1 aromatic carbocycles. The topological polar surface area (TPSA) is 54.5 Å². The SMILES string of the molecule is COc1cccc2c1CC[C@@H]2NC(=O)N(C)[C@@H](C)c1cccnc1. The third-order valence-electron chi connectivity index (χ3n) is 4.81. The number of methoxy groups -OCH3 is 1. The van der Waals surface area contributed by atoms with Crippen molar-refractivity contribution in [3.05, 3.63) is 59.4 Å². The van der Waals surface area contributed by atoms with Crippen LogP contribution in [0, 0.1) is 0 Å². The molecule has 2 aromatic rings. The van der Waals surface area contributed by atoms with E-state index in [2.05, 4.69) is 16.4 Å². The first-order chi connectivity index (χ1) is 11.6. The smallest absolute Gasteiger partial charge is 0.318 e. The summed E-state index contributed by atoms with van der Waals surface area (Å²) in [7, 11) is 3.50. The van der Waals surface area contributed by atoms with Gasteiger partial charge in [-0.15, -0.1) is 0 Å². The largest absolute Gasteiger partial charge is 0.496 e. The highest BCUT2D eigenvalue weighted by Crippen LogP contribution is 2.37. The number of aromatic nitrogens is 1. The van der Waals surface area contributed by atoms with Crippen LogP contribution in [0.1, 0.15) is 42.1 Å². The number of ether oxygens (including phenoxy) is 1. The predicted octanol–water partition coefficient (Wildman–Crippen LogP) is 3.48. The number of carbonyl (C=O) groups is 1. The van der Waals surface area contributed by atoms with E-state index < -0.39 is 0 Å². The Morgan fingerprint density at radius 2 is 2.21 bits per heavy atom. The van der Waals surface area contributed by atoms with Gasteiger partial charge in [-0.25, -0.2) is 4.79 Å². The minimum atomic E-state index is -0.0768. The average Bonchev–Trinajstić information content (AvgIpc) is 3.04. The van der Waals surface area contributed by atoms with Crippen LogP contribution < -0.4 is 10.1 Å². The van der Waals surface area contributed by atoms with E-state index in [9.17, 15) is 4.79 Å². The molecule has 1 aliphatic rings. The van der Waals surface area contributed by atoms with Crippen molar-refractivity contribution >= 4 is 6.03 Å². The van der Waals surface area contributed by atoms with Crippen molar-refractivity contribution in [2.24, 2.45) is 0 Å². The normalized spacial score (nSPS) is 17.0. The van der Waals surface area contributed by atoms with Crippen molar-refractivity contribution in [3.63, 3.8) is 0 Å². The Morgan fingerprint density at radius 3 is 2.92 bits per heavy atom. The van der Waals surface area contributed by atoms with E-state index in [-0.39, 0.29) is 18.1 Å². The number of nitrogens with zero attached hydrogens (tertiary/aromatic N) is 2. The molecule has 1 aliphatic carbocycles. The van der Waals surface area contributed by atoms with E-state index >= 15 is 0 Å². The van der Waals surface area contributed by atoms with Crippen LogP contribution in [0.5, 0.6) is 5.75 Å². The summed E-state index contributed by atoms with van der Waals surface area (Å²) in [6.45, 7) is 2.00. The zero-order valence-electron chi connectivity index (χ0n) is 14.3. The monoisotopic (exact) mass is 325 g/mol. The number of pyridine rings is 1. The first-order valence-electron chi connectivity index (χ1n) is 8.21. The molecule has 0 unspecified atom stereocenters. The summed E-state index contributed by atoms with van der Waals surface area (Å²) in [5.74, 6) is 0.904. The molecule has 5 nitrogen and oxygen atoms in total. The minimum absolute atomic E-state index is 0.0335. The van der Waals surface area contributed by atoms with Gasteiger partial charge in [-0.3, -0.25) is 4.98 Å². The Labute approximate surface area is 142 Å². The lowest BCUT2D eigenvalue weighted by molar-refractivity contribution is 0.190. The molecule has 0 aliphatic heterocycles. The maximum atomic E-state index is 12.6. The third-order valence-corrected chi connectivity index (χ3v) is 4.81. The van der Waals surface area contributed by atoms with Crippen LogP contribution in [0.4, 0.5) is 4.79 Å². The van der Waals surface area contributed by atoms with Crippen molar-refractivity contribution in [2.45, 2.75) is 31.8 Å². The molecule has 2 amide bonds. The molecule has 5 heteroatoms. The van der Waals surface area contributed by atoms with Gasteiger partial charge in [0.15, 0.2) is 0 Å². The zero-order valence-corrected chi connectivity index (χ0v) is 14.3. The fraction of sp³-hybridized carbons (Fsp3) is 0.368. The van der Waals surface area contributed by atoms with E-state index in [1.54, 1.807) is 24.4 Å². The molecule has 1 aromatic heterocycles. The van der Waals surface area contributed by atoms with Gasteiger partial charge in [0.05, 0.1) is 19.2 Å². The summed E-state index contributed by atoms with van der Waals surface area (Å²) in [5.41, 5.74) is 3.38. The molecule has 3 rings (SSSR count). The first kappa shape index (κ1) is 16.3. The number of benzene rings is 1. The van der Waals surface area contributed by atoms with Gasteiger partial charge in [-0.1, -0.05) is 18.2 Å². The number of nitrogens with one attached hydrogen (secondary N) is 1. The van der Waals surface area contributed by atoms with Gasteiger partial charge in [0, 0.05) is 19.4 Å². The van der Waals surface area contributed by atoms with Crippen molar-refractivity contribution in [1.82, 2.24) is 15.2 Å². The van der Waals surface area contributed by atoms with Gasteiger partial charge in [0.2, 0.25) is 0 Å². The summed E-state index contributed by atoms with van der Waals surface area (Å²) in [4.78, 5) is 18.5. The number of hydrogen-bond donors (Lipinski definition) is 1. The standard InChI is InChI=1S/C19H23N3O2/c1-13(14-6-5-11-20-12-14)22(2)19(23)21-17-10-9-16-15(17)7-4-8-18(16)24-3/h4-8,11-13,17H,9-10H2,1-3H3,(H,21,23)/t13-,17-/m0/s1. The van der Waals surface area contributed by atoms with E-state index in [1.807, 2.05) is 38.2 Å². The van der Waals surface area contributed by atoms with Crippen LogP contribution in [0.15, 0.2) is 42.7 Å². The van der Waals surface area contributed by atoms with Crippen LogP contribution in [-0.4, -0.2) is 30.1 Å². The Kier molecular flexibility index (Phi) is 4.69. The molecular weight excluding hydrogens is 302 g/mol. The Balaban J connectivity index is 1.71. The Morgan fingerprint density at radius 1 is 1.38 bits per heavy atom. The van der Waals surface area contributed by atoms with Crippen LogP contribution in [0.25, 0.3) is 0 Å². The molecule has 0 saturated heterocycles. The highest BCUT2D eigenvalue weighted by Gasteiger charge is 2.28. The van der Waals surface area contributed by atoms with E-state index in [0.717, 1.165) is 29.7 Å². The molecule has 0 bridgehead atoms. The minimum Gasteiger partial charge on any atom is -0.496 e. The number of carbonyl (C=O) groups excluding carboxylic acids is 1. The van der Waals surface area contributed by atoms with Gasteiger partial charge in [0.25, 0.3) is 0 Å². The molecule has 1 heterocycles. The number of fused-ring (bicyclic) bond motifs is 1. The maximum absolute atomic E-state index is 12.6. The van der Waals surface area contributed by atoms with Crippen molar-refractivity contribution in [3.8, 4) is 5.75 Å². The van der Waals surface area contributed by atoms with Crippen molar-refractivity contribution in [2.75, 3.05) is 14.2 Å². The lowest BCUT2D eigenvalue weighted by Crippen LogP contribution is -2.40. The van der Waals surface area contributed by atoms with Crippen LogP contribution >= 0.6 is 0 Å². The highest BCUT2D eigenvalue weighted by molar-refractivity contribution is 5.75. The first-order valence-corrected chi connectivity index (χ1v) is 8.21. The maximum Gasteiger partial charge on any atom is 0.318 e. The molecule has 0 radical (unpaired) electrons. The summed E-state index contributed by atoms with van der Waals surface area (Å²) in [6.07, 6.45) is 5.35. The summed E-state index contributed by atoms with van der Waals surface area (Å²) >= 11 is 0. The van der Waals surface area contributed by atoms with E-state index in [0.29, 0.717) is 0 Å². The number of rotatable bonds is 4. The molecule has 2 atom stereocenters. The zero-order chi connectivity index (χ0) is 17.1. The quantitative estimate of drug-likeness (QED) is 0.936. The number of amides is 2. The number of urea groups is 1. The van der Waals surface area contributed by atoms with E-state index in [1.165, 1.54) is 5.56 Å². The van der Waals surface area contributed by atoms with Crippen molar-refractivity contribution < 1.29 is 9.53 Å². The van der Waals surface area contributed by atoms with Gasteiger partial charge in [-0.2, -0.15) is 0 Å². The van der Waals surface area contributed by atoms with Crippen molar-refractivity contribution in [1.29, 1.82) is 0 Å². The molecule has 0 fully saturated rings. The Bertz CT molecular complexity index is 718. The van der Waals surface area contributed by atoms with Crippen LogP contribution in [0.2, 0.25) is 0 Å². The van der Waals surface area contributed by atoms with Crippen LogP contribution in [0.3, 0.4) is 0 Å². The second-order valence-corrected chi connectivity index (χ2v) is 6.14. The molecular formula is C19H23N3O2. The molecule has 1 N–H and O–H groups in total. The van der Waals surface area contributed by atoms with Gasteiger partial charge in [-0.05, 0) is 48.6 Å². The summed E-state index contributed by atoms with van der Waals surface area (Å²) in [6, 6.07) is 9.81.